The summed E-state index contributed by atoms with van der Waals surface area (Å²) in [5.41, 5.74) is 9.42. The van der Waals surface area contributed by atoms with Gasteiger partial charge < -0.3 is 15.8 Å². The standard InChI is InChI=1S/C20H22N4O2/c21-19(26)16-4-1-5-17-18(16)23-20(22-17)14-8-6-13(7-9-14)11-24-10-2-3-15(24)12-25/h1,4-9,15,25H,2-3,10-12H2,(H2,21,26)(H,22,23)/t15-/m0/s1. The minimum absolute atomic E-state index is 0.221. The Balaban J connectivity index is 1.58. The highest BCUT2D eigenvalue weighted by Crippen LogP contribution is 2.24. The van der Waals surface area contributed by atoms with Crippen LogP contribution in [-0.4, -0.2) is 45.1 Å². The predicted octanol–water partition coefficient (Wildman–Crippen LogP) is 2.29. The van der Waals surface area contributed by atoms with Crippen molar-refractivity contribution in [2.75, 3.05) is 13.2 Å². The monoisotopic (exact) mass is 350 g/mol. The van der Waals surface area contributed by atoms with Gasteiger partial charge in [0.05, 0.1) is 17.7 Å². The number of H-pyrrole nitrogens is 1. The molecular formula is C20H22N4O2. The second kappa shape index (κ2) is 6.90. The molecule has 1 fully saturated rings. The number of likely N-dealkylation sites (tertiary alicyclic amines) is 1. The summed E-state index contributed by atoms with van der Waals surface area (Å²) in [6.45, 7) is 2.10. The summed E-state index contributed by atoms with van der Waals surface area (Å²) < 4.78 is 0. The topological polar surface area (TPSA) is 95.2 Å². The van der Waals surface area contributed by atoms with E-state index in [4.69, 9.17) is 5.73 Å². The number of imidazole rings is 1. The number of carbonyl (C=O) groups is 1. The van der Waals surface area contributed by atoms with Crippen LogP contribution < -0.4 is 5.73 Å². The highest BCUT2D eigenvalue weighted by atomic mass is 16.3. The van der Waals surface area contributed by atoms with Crippen LogP contribution in [0.1, 0.15) is 28.8 Å². The van der Waals surface area contributed by atoms with Gasteiger partial charge in [0.25, 0.3) is 5.91 Å². The number of nitrogens with zero attached hydrogens (tertiary/aromatic N) is 2. The summed E-state index contributed by atoms with van der Waals surface area (Å²) in [4.78, 5) is 21.7. The number of aliphatic hydroxyl groups is 1. The second-order valence-corrected chi connectivity index (χ2v) is 6.80. The normalized spacial score (nSPS) is 17.8. The Morgan fingerprint density at radius 3 is 2.81 bits per heavy atom. The lowest BCUT2D eigenvalue weighted by Gasteiger charge is -2.22. The van der Waals surface area contributed by atoms with Gasteiger partial charge in [0, 0.05) is 18.2 Å². The van der Waals surface area contributed by atoms with E-state index >= 15 is 0 Å². The highest BCUT2D eigenvalue weighted by molar-refractivity contribution is 6.04. The van der Waals surface area contributed by atoms with E-state index in [1.54, 1.807) is 12.1 Å². The zero-order valence-corrected chi connectivity index (χ0v) is 14.5. The van der Waals surface area contributed by atoms with Crippen LogP contribution in [0.15, 0.2) is 42.5 Å². The van der Waals surface area contributed by atoms with E-state index in [0.717, 1.165) is 42.8 Å². The summed E-state index contributed by atoms with van der Waals surface area (Å²) in [7, 11) is 0. The number of rotatable bonds is 5. The summed E-state index contributed by atoms with van der Waals surface area (Å²) >= 11 is 0. The van der Waals surface area contributed by atoms with Gasteiger partial charge in [0.1, 0.15) is 11.3 Å². The Hall–Kier alpha value is -2.70. The maximum Gasteiger partial charge on any atom is 0.250 e. The van der Waals surface area contributed by atoms with Crippen LogP contribution in [0.5, 0.6) is 0 Å². The average molecular weight is 350 g/mol. The van der Waals surface area contributed by atoms with Crippen LogP contribution in [0.3, 0.4) is 0 Å². The van der Waals surface area contributed by atoms with Crippen LogP contribution in [0, 0.1) is 0 Å². The van der Waals surface area contributed by atoms with Gasteiger partial charge in [-0.2, -0.15) is 0 Å². The van der Waals surface area contributed by atoms with Crippen molar-refractivity contribution in [3.8, 4) is 11.4 Å². The molecule has 0 saturated carbocycles. The van der Waals surface area contributed by atoms with Gasteiger partial charge in [-0.25, -0.2) is 4.98 Å². The number of hydrogen-bond acceptors (Lipinski definition) is 4. The van der Waals surface area contributed by atoms with Crippen molar-refractivity contribution in [1.29, 1.82) is 0 Å². The predicted molar refractivity (Wildman–Crippen MR) is 101 cm³/mol. The molecule has 6 nitrogen and oxygen atoms in total. The quantitative estimate of drug-likeness (QED) is 0.658. The molecule has 0 bridgehead atoms. The molecule has 1 saturated heterocycles. The molecule has 4 rings (SSSR count). The molecule has 26 heavy (non-hydrogen) atoms. The molecule has 1 aliphatic heterocycles. The Morgan fingerprint density at radius 1 is 1.27 bits per heavy atom. The number of fused-ring (bicyclic) bond motifs is 1. The van der Waals surface area contributed by atoms with Crippen molar-refractivity contribution in [2.45, 2.75) is 25.4 Å². The van der Waals surface area contributed by atoms with E-state index in [1.165, 1.54) is 5.56 Å². The Labute approximate surface area is 151 Å². The molecule has 1 aliphatic rings. The maximum absolute atomic E-state index is 11.6. The number of aromatic nitrogens is 2. The van der Waals surface area contributed by atoms with Gasteiger partial charge in [0.15, 0.2) is 0 Å². The van der Waals surface area contributed by atoms with Crippen LogP contribution in [-0.2, 0) is 6.54 Å². The van der Waals surface area contributed by atoms with Crippen molar-refractivity contribution in [1.82, 2.24) is 14.9 Å². The van der Waals surface area contributed by atoms with Gasteiger partial charge >= 0.3 is 0 Å². The van der Waals surface area contributed by atoms with Crippen molar-refractivity contribution in [3.05, 3.63) is 53.6 Å². The SMILES string of the molecule is NC(=O)c1cccc2[nH]c(-c3ccc(CN4CCC[C@H]4CO)cc3)nc12. The first-order chi connectivity index (χ1) is 12.7. The summed E-state index contributed by atoms with van der Waals surface area (Å²) in [6.07, 6.45) is 2.21. The smallest absolute Gasteiger partial charge is 0.250 e. The molecule has 1 atom stereocenters. The van der Waals surface area contributed by atoms with Gasteiger partial charge in [-0.15, -0.1) is 0 Å². The number of nitrogens with one attached hydrogen (secondary N) is 1. The Morgan fingerprint density at radius 2 is 2.08 bits per heavy atom. The van der Waals surface area contributed by atoms with Crippen molar-refractivity contribution in [2.24, 2.45) is 5.73 Å². The first kappa shape index (κ1) is 16.8. The number of amides is 1. The fourth-order valence-electron chi connectivity index (χ4n) is 3.68. The fraction of sp³-hybridized carbons (Fsp3) is 0.300. The molecule has 1 amide bonds. The molecule has 0 radical (unpaired) electrons. The van der Waals surface area contributed by atoms with Crippen LogP contribution >= 0.6 is 0 Å². The summed E-state index contributed by atoms with van der Waals surface area (Å²) in [5, 5.41) is 9.45. The van der Waals surface area contributed by atoms with E-state index < -0.39 is 5.91 Å². The van der Waals surface area contributed by atoms with Crippen molar-refractivity contribution >= 4 is 16.9 Å². The zero-order valence-electron chi connectivity index (χ0n) is 14.5. The molecule has 0 aliphatic carbocycles. The number of para-hydroxylation sites is 1. The number of hydrogen-bond donors (Lipinski definition) is 3. The zero-order chi connectivity index (χ0) is 18.1. The maximum atomic E-state index is 11.6. The number of carbonyl (C=O) groups excluding carboxylic acids is 1. The molecule has 2 aromatic carbocycles. The van der Waals surface area contributed by atoms with E-state index in [0.29, 0.717) is 11.1 Å². The number of aromatic amines is 1. The average Bonchev–Trinajstić information content (AvgIpc) is 3.28. The molecule has 0 spiro atoms. The number of benzene rings is 2. The second-order valence-electron chi connectivity index (χ2n) is 6.80. The van der Waals surface area contributed by atoms with Crippen molar-refractivity contribution < 1.29 is 9.90 Å². The molecular weight excluding hydrogens is 328 g/mol. The molecule has 4 N–H and O–H groups in total. The van der Waals surface area contributed by atoms with E-state index in [9.17, 15) is 9.90 Å². The highest BCUT2D eigenvalue weighted by Gasteiger charge is 2.23. The van der Waals surface area contributed by atoms with Crippen LogP contribution in [0.2, 0.25) is 0 Å². The van der Waals surface area contributed by atoms with Gasteiger partial charge in [-0.1, -0.05) is 30.3 Å². The number of nitrogens with two attached hydrogens (primary N) is 1. The fourth-order valence-corrected chi connectivity index (χ4v) is 3.68. The van der Waals surface area contributed by atoms with Gasteiger partial charge in [-0.05, 0) is 37.1 Å². The van der Waals surface area contributed by atoms with E-state index in [-0.39, 0.29) is 12.6 Å². The van der Waals surface area contributed by atoms with Crippen molar-refractivity contribution in [3.63, 3.8) is 0 Å². The molecule has 6 heteroatoms. The lowest BCUT2D eigenvalue weighted by molar-refractivity contribution is 0.100. The van der Waals surface area contributed by atoms with E-state index in [1.807, 2.05) is 18.2 Å². The molecule has 3 aromatic rings. The summed E-state index contributed by atoms with van der Waals surface area (Å²) in [6, 6.07) is 13.9. The summed E-state index contributed by atoms with van der Waals surface area (Å²) in [5.74, 6) is 0.239. The third kappa shape index (κ3) is 3.09. The third-order valence-electron chi connectivity index (χ3n) is 5.10. The lowest BCUT2D eigenvalue weighted by Crippen LogP contribution is -2.31. The molecule has 1 aromatic heterocycles. The first-order valence-corrected chi connectivity index (χ1v) is 8.88. The largest absolute Gasteiger partial charge is 0.395 e. The minimum atomic E-state index is -0.479. The number of aliphatic hydroxyl groups excluding tert-OH is 1. The van der Waals surface area contributed by atoms with Gasteiger partial charge in [-0.3, -0.25) is 9.69 Å². The minimum Gasteiger partial charge on any atom is -0.395 e. The first-order valence-electron chi connectivity index (χ1n) is 8.88. The van der Waals surface area contributed by atoms with Crippen LogP contribution in [0.4, 0.5) is 0 Å². The molecule has 134 valence electrons. The van der Waals surface area contributed by atoms with Crippen LogP contribution in [0.25, 0.3) is 22.4 Å². The third-order valence-corrected chi connectivity index (χ3v) is 5.10. The van der Waals surface area contributed by atoms with Gasteiger partial charge in [0.2, 0.25) is 0 Å². The lowest BCUT2D eigenvalue weighted by atomic mass is 10.1. The van der Waals surface area contributed by atoms with E-state index in [2.05, 4.69) is 27.0 Å². The Kier molecular flexibility index (Phi) is 4.44. The molecule has 0 unspecified atom stereocenters. The Bertz CT molecular complexity index is 933. The molecule has 2 heterocycles. The number of primary amides is 1.